The second-order valence-electron chi connectivity index (χ2n) is 8.27. The monoisotopic (exact) mass is 384 g/mol. The first-order valence-corrected chi connectivity index (χ1v) is 9.47. The van der Waals surface area contributed by atoms with E-state index in [4.69, 9.17) is 4.74 Å². The summed E-state index contributed by atoms with van der Waals surface area (Å²) in [7, 11) is 1.76. The number of carbonyl (C=O) groups excluding carboxylic acids is 2. The average molecular weight is 384 g/mol. The standard InChI is InChI=1S/C21H28N4O3/c1-13-8-7-9-14(2)17(13)22-19(26)18-15-12-25(20(27)28-21(3,4)5)11-10-16(15)23-24(18)6/h7-9H,10-12H2,1-6H3,(H,22,26). The smallest absolute Gasteiger partial charge is 0.410 e. The van der Waals surface area contributed by atoms with E-state index in [1.807, 2.05) is 52.8 Å². The summed E-state index contributed by atoms with van der Waals surface area (Å²) in [6.45, 7) is 10.3. The maximum Gasteiger partial charge on any atom is 0.410 e. The van der Waals surface area contributed by atoms with Gasteiger partial charge in [0.15, 0.2) is 0 Å². The molecule has 0 bridgehead atoms. The van der Waals surface area contributed by atoms with E-state index in [-0.39, 0.29) is 12.0 Å². The van der Waals surface area contributed by atoms with Crippen molar-refractivity contribution in [2.75, 3.05) is 11.9 Å². The SMILES string of the molecule is Cc1cccc(C)c1NC(=O)c1c2c(nn1C)CCN(C(=O)OC(C)(C)C)C2. The van der Waals surface area contributed by atoms with E-state index in [1.54, 1.807) is 16.6 Å². The molecule has 1 aliphatic heterocycles. The fourth-order valence-electron chi connectivity index (χ4n) is 3.45. The van der Waals surface area contributed by atoms with Crippen LogP contribution in [0.15, 0.2) is 18.2 Å². The number of amides is 2. The molecule has 28 heavy (non-hydrogen) atoms. The van der Waals surface area contributed by atoms with Crippen molar-refractivity contribution >= 4 is 17.7 Å². The number of fused-ring (bicyclic) bond motifs is 1. The lowest BCUT2D eigenvalue weighted by Gasteiger charge is -2.29. The first kappa shape index (κ1) is 19.9. The van der Waals surface area contributed by atoms with Crippen molar-refractivity contribution in [2.45, 2.75) is 53.2 Å². The van der Waals surface area contributed by atoms with Crippen LogP contribution in [0.1, 0.15) is 53.6 Å². The minimum atomic E-state index is -0.561. The summed E-state index contributed by atoms with van der Waals surface area (Å²) in [5.74, 6) is -0.223. The average Bonchev–Trinajstić information content (AvgIpc) is 2.91. The van der Waals surface area contributed by atoms with Crippen LogP contribution in [0.3, 0.4) is 0 Å². The molecule has 7 nitrogen and oxygen atoms in total. The molecule has 7 heteroatoms. The molecule has 0 spiro atoms. The molecule has 0 atom stereocenters. The highest BCUT2D eigenvalue weighted by Crippen LogP contribution is 2.26. The Hall–Kier alpha value is -2.83. The van der Waals surface area contributed by atoms with Crippen LogP contribution in [-0.4, -0.2) is 38.8 Å². The Morgan fingerprint density at radius 3 is 2.43 bits per heavy atom. The number of rotatable bonds is 2. The number of carbonyl (C=O) groups is 2. The van der Waals surface area contributed by atoms with Crippen molar-refractivity contribution in [3.8, 4) is 0 Å². The van der Waals surface area contributed by atoms with Gasteiger partial charge in [0.25, 0.3) is 5.91 Å². The number of nitrogens with zero attached hydrogens (tertiary/aromatic N) is 3. The Labute approximate surface area is 165 Å². The molecule has 2 amide bonds. The van der Waals surface area contributed by atoms with Crippen LogP contribution in [0, 0.1) is 13.8 Å². The maximum absolute atomic E-state index is 13.1. The third-order valence-corrected chi connectivity index (χ3v) is 4.78. The van der Waals surface area contributed by atoms with E-state index < -0.39 is 5.60 Å². The summed E-state index contributed by atoms with van der Waals surface area (Å²) in [5, 5.41) is 7.52. The zero-order chi connectivity index (χ0) is 20.6. The van der Waals surface area contributed by atoms with E-state index in [0.717, 1.165) is 28.1 Å². The zero-order valence-corrected chi connectivity index (χ0v) is 17.4. The summed E-state index contributed by atoms with van der Waals surface area (Å²) < 4.78 is 7.09. The summed E-state index contributed by atoms with van der Waals surface area (Å²) in [6, 6.07) is 5.89. The topological polar surface area (TPSA) is 76.5 Å². The lowest BCUT2D eigenvalue weighted by atomic mass is 10.0. The second-order valence-corrected chi connectivity index (χ2v) is 8.27. The lowest BCUT2D eigenvalue weighted by Crippen LogP contribution is -2.40. The predicted octanol–water partition coefficient (Wildman–Crippen LogP) is 3.58. The molecule has 150 valence electrons. The number of anilines is 1. The largest absolute Gasteiger partial charge is 0.444 e. The second kappa shape index (κ2) is 7.30. The molecule has 0 radical (unpaired) electrons. The van der Waals surface area contributed by atoms with Crippen LogP contribution in [-0.2, 0) is 24.8 Å². The minimum absolute atomic E-state index is 0.223. The first-order chi connectivity index (χ1) is 13.1. The van der Waals surface area contributed by atoms with Gasteiger partial charge in [-0.05, 0) is 45.7 Å². The third kappa shape index (κ3) is 4.03. The van der Waals surface area contributed by atoms with Gasteiger partial charge in [-0.15, -0.1) is 0 Å². The fourth-order valence-corrected chi connectivity index (χ4v) is 3.45. The molecule has 3 rings (SSSR count). The molecular formula is C21H28N4O3. The van der Waals surface area contributed by atoms with Crippen molar-refractivity contribution in [1.82, 2.24) is 14.7 Å². The number of para-hydroxylation sites is 1. The molecule has 2 heterocycles. The quantitative estimate of drug-likeness (QED) is 0.859. The molecule has 1 aromatic carbocycles. The van der Waals surface area contributed by atoms with E-state index >= 15 is 0 Å². The van der Waals surface area contributed by atoms with Gasteiger partial charge in [-0.2, -0.15) is 5.10 Å². The normalized spacial score (nSPS) is 13.9. The van der Waals surface area contributed by atoms with Crippen molar-refractivity contribution in [1.29, 1.82) is 0 Å². The Morgan fingerprint density at radius 1 is 1.18 bits per heavy atom. The number of aryl methyl sites for hydroxylation is 3. The Morgan fingerprint density at radius 2 is 1.82 bits per heavy atom. The van der Waals surface area contributed by atoms with Crippen molar-refractivity contribution in [3.63, 3.8) is 0 Å². The molecule has 0 saturated carbocycles. The van der Waals surface area contributed by atoms with Crippen molar-refractivity contribution < 1.29 is 14.3 Å². The molecule has 0 aliphatic carbocycles. The van der Waals surface area contributed by atoms with Crippen molar-refractivity contribution in [2.24, 2.45) is 7.05 Å². The van der Waals surface area contributed by atoms with Gasteiger partial charge in [0.2, 0.25) is 0 Å². The zero-order valence-electron chi connectivity index (χ0n) is 17.4. The Bertz CT molecular complexity index is 904. The van der Waals surface area contributed by atoms with Crippen LogP contribution < -0.4 is 5.32 Å². The van der Waals surface area contributed by atoms with Gasteiger partial charge in [0.05, 0.1) is 12.2 Å². The van der Waals surface area contributed by atoms with Crippen LogP contribution in [0.4, 0.5) is 10.5 Å². The first-order valence-electron chi connectivity index (χ1n) is 9.47. The summed E-state index contributed by atoms with van der Waals surface area (Å²) in [5.41, 5.74) is 4.36. The lowest BCUT2D eigenvalue weighted by molar-refractivity contribution is 0.0222. The number of hydrogen-bond donors (Lipinski definition) is 1. The molecule has 1 aromatic heterocycles. The number of aromatic nitrogens is 2. The van der Waals surface area contributed by atoms with Gasteiger partial charge in [-0.3, -0.25) is 9.48 Å². The van der Waals surface area contributed by atoms with Gasteiger partial charge < -0.3 is 15.0 Å². The maximum atomic E-state index is 13.1. The highest BCUT2D eigenvalue weighted by molar-refractivity contribution is 6.05. The Balaban J connectivity index is 1.86. The van der Waals surface area contributed by atoms with E-state index in [9.17, 15) is 9.59 Å². The minimum Gasteiger partial charge on any atom is -0.444 e. The van der Waals surface area contributed by atoms with E-state index in [0.29, 0.717) is 25.2 Å². The summed E-state index contributed by atoms with van der Waals surface area (Å²) in [6.07, 6.45) is 0.224. The van der Waals surface area contributed by atoms with Crippen molar-refractivity contribution in [3.05, 3.63) is 46.3 Å². The number of hydrogen-bond acceptors (Lipinski definition) is 4. The van der Waals surface area contributed by atoms with E-state index in [2.05, 4.69) is 10.4 Å². The van der Waals surface area contributed by atoms with Crippen LogP contribution in [0.2, 0.25) is 0 Å². The number of nitrogens with one attached hydrogen (secondary N) is 1. The van der Waals surface area contributed by atoms with Gasteiger partial charge >= 0.3 is 6.09 Å². The van der Waals surface area contributed by atoms with E-state index in [1.165, 1.54) is 0 Å². The van der Waals surface area contributed by atoms with Gasteiger partial charge in [0, 0.05) is 31.3 Å². The fraction of sp³-hybridized carbons (Fsp3) is 0.476. The molecule has 1 aliphatic rings. The van der Waals surface area contributed by atoms with Crippen LogP contribution >= 0.6 is 0 Å². The van der Waals surface area contributed by atoms with Crippen LogP contribution in [0.25, 0.3) is 0 Å². The van der Waals surface area contributed by atoms with Gasteiger partial charge in [-0.25, -0.2) is 4.79 Å². The number of ether oxygens (including phenoxy) is 1. The molecule has 0 fully saturated rings. The third-order valence-electron chi connectivity index (χ3n) is 4.78. The molecule has 1 N–H and O–H groups in total. The highest BCUT2D eigenvalue weighted by atomic mass is 16.6. The summed E-state index contributed by atoms with van der Waals surface area (Å²) in [4.78, 5) is 27.2. The van der Waals surface area contributed by atoms with Gasteiger partial charge in [0.1, 0.15) is 11.3 Å². The highest BCUT2D eigenvalue weighted by Gasteiger charge is 2.31. The molecule has 0 saturated heterocycles. The predicted molar refractivity (Wildman–Crippen MR) is 107 cm³/mol. The number of benzene rings is 1. The van der Waals surface area contributed by atoms with Crippen LogP contribution in [0.5, 0.6) is 0 Å². The molecule has 0 unspecified atom stereocenters. The summed E-state index contributed by atoms with van der Waals surface area (Å²) >= 11 is 0. The Kier molecular flexibility index (Phi) is 5.19. The molecular weight excluding hydrogens is 356 g/mol. The molecule has 2 aromatic rings. The van der Waals surface area contributed by atoms with Gasteiger partial charge in [-0.1, -0.05) is 18.2 Å².